The lowest BCUT2D eigenvalue weighted by atomic mass is 10.1. The zero-order valence-electron chi connectivity index (χ0n) is 7.45. The second kappa shape index (κ2) is 2.79. The molecule has 0 N–H and O–H groups in total. The smallest absolute Gasteiger partial charge is 0.235 e. The van der Waals surface area contributed by atoms with E-state index in [2.05, 4.69) is 9.98 Å². The lowest BCUT2D eigenvalue weighted by molar-refractivity contribution is 0.556. The normalized spacial score (nSPS) is 17.6. The van der Waals surface area contributed by atoms with Gasteiger partial charge in [0.15, 0.2) is 0 Å². The van der Waals surface area contributed by atoms with Crippen LogP contribution in [0.25, 0.3) is 0 Å². The van der Waals surface area contributed by atoms with Crippen molar-refractivity contribution in [3.8, 4) is 0 Å². The van der Waals surface area contributed by atoms with Crippen molar-refractivity contribution >= 4 is 6.08 Å². The molecule has 0 unspecified atom stereocenters. The van der Waals surface area contributed by atoms with Gasteiger partial charge in [0.1, 0.15) is 0 Å². The minimum Gasteiger partial charge on any atom is -0.264 e. The third kappa shape index (κ3) is 1.38. The van der Waals surface area contributed by atoms with E-state index in [0.717, 1.165) is 24.0 Å². The Morgan fingerprint density at radius 1 is 1.54 bits per heavy atom. The highest BCUT2D eigenvalue weighted by molar-refractivity contribution is 5.41. The standard InChI is InChI=1S/C10H10N2O/c1-8-4-9(6-11-5-8)10(2-3-10)12-7-13/h4-6H,2-3H2,1H3. The highest BCUT2D eigenvalue weighted by Gasteiger charge is 2.45. The molecule has 2 rings (SSSR count). The van der Waals surface area contributed by atoms with Crippen molar-refractivity contribution in [3.05, 3.63) is 29.6 Å². The van der Waals surface area contributed by atoms with Crippen molar-refractivity contribution < 1.29 is 4.79 Å². The molecule has 0 aliphatic heterocycles. The van der Waals surface area contributed by atoms with Crippen LogP contribution in [0.5, 0.6) is 0 Å². The number of aromatic nitrogens is 1. The Kier molecular flexibility index (Phi) is 1.74. The van der Waals surface area contributed by atoms with Crippen molar-refractivity contribution in [2.24, 2.45) is 4.99 Å². The monoisotopic (exact) mass is 174 g/mol. The van der Waals surface area contributed by atoms with Crippen LogP contribution in [0.3, 0.4) is 0 Å². The fraction of sp³-hybridized carbons (Fsp3) is 0.400. The summed E-state index contributed by atoms with van der Waals surface area (Å²) < 4.78 is 0. The predicted octanol–water partition coefficient (Wildman–Crippen LogP) is 1.71. The van der Waals surface area contributed by atoms with Crippen molar-refractivity contribution in [1.82, 2.24) is 4.98 Å². The molecule has 1 heterocycles. The molecule has 13 heavy (non-hydrogen) atoms. The van der Waals surface area contributed by atoms with Crippen LogP contribution in [-0.2, 0) is 10.3 Å². The Bertz CT molecular complexity index is 376. The minimum atomic E-state index is -0.277. The first-order valence-electron chi connectivity index (χ1n) is 4.28. The summed E-state index contributed by atoms with van der Waals surface area (Å²) in [7, 11) is 0. The average molecular weight is 174 g/mol. The molecule has 1 aliphatic carbocycles. The van der Waals surface area contributed by atoms with Gasteiger partial charge >= 0.3 is 0 Å². The Balaban J connectivity index is 2.40. The molecule has 0 amide bonds. The van der Waals surface area contributed by atoms with Crippen molar-refractivity contribution in [3.63, 3.8) is 0 Å². The molecular formula is C10H10N2O. The Labute approximate surface area is 76.5 Å². The second-order valence-corrected chi connectivity index (χ2v) is 3.49. The molecular weight excluding hydrogens is 164 g/mol. The van der Waals surface area contributed by atoms with Gasteiger partial charge < -0.3 is 0 Å². The number of isocyanates is 1. The van der Waals surface area contributed by atoms with E-state index in [1.165, 1.54) is 0 Å². The maximum absolute atomic E-state index is 10.2. The minimum absolute atomic E-state index is 0.277. The maximum atomic E-state index is 10.2. The van der Waals surface area contributed by atoms with Gasteiger partial charge in [-0.2, -0.15) is 4.99 Å². The summed E-state index contributed by atoms with van der Waals surface area (Å²) in [5.41, 5.74) is 1.86. The first-order chi connectivity index (χ1) is 6.27. The molecule has 0 aromatic carbocycles. The number of nitrogens with zero attached hydrogens (tertiary/aromatic N) is 2. The first kappa shape index (κ1) is 8.14. The van der Waals surface area contributed by atoms with Crippen LogP contribution < -0.4 is 0 Å². The number of aryl methyl sites for hydroxylation is 1. The molecule has 1 saturated carbocycles. The molecule has 1 fully saturated rings. The summed E-state index contributed by atoms with van der Waals surface area (Å²) in [6, 6.07) is 2.03. The highest BCUT2D eigenvalue weighted by Crippen LogP contribution is 2.48. The van der Waals surface area contributed by atoms with Crippen LogP contribution in [0.4, 0.5) is 0 Å². The van der Waals surface area contributed by atoms with Gasteiger partial charge in [-0.1, -0.05) is 6.07 Å². The van der Waals surface area contributed by atoms with E-state index in [-0.39, 0.29) is 5.54 Å². The van der Waals surface area contributed by atoms with E-state index in [4.69, 9.17) is 0 Å². The molecule has 3 heteroatoms. The summed E-state index contributed by atoms with van der Waals surface area (Å²) in [5, 5.41) is 0. The lowest BCUT2D eigenvalue weighted by Gasteiger charge is -2.07. The van der Waals surface area contributed by atoms with Gasteiger partial charge in [0.25, 0.3) is 0 Å². The summed E-state index contributed by atoms with van der Waals surface area (Å²) in [5.74, 6) is 0. The van der Waals surface area contributed by atoms with Crippen LogP contribution in [-0.4, -0.2) is 11.1 Å². The number of aliphatic imine (C=N–C) groups is 1. The van der Waals surface area contributed by atoms with E-state index >= 15 is 0 Å². The number of hydrogen-bond donors (Lipinski definition) is 0. The van der Waals surface area contributed by atoms with Crippen molar-refractivity contribution in [1.29, 1.82) is 0 Å². The quantitative estimate of drug-likeness (QED) is 0.506. The topological polar surface area (TPSA) is 42.3 Å². The largest absolute Gasteiger partial charge is 0.264 e. The van der Waals surface area contributed by atoms with Crippen LogP contribution >= 0.6 is 0 Å². The Morgan fingerprint density at radius 3 is 2.85 bits per heavy atom. The molecule has 0 atom stereocenters. The highest BCUT2D eigenvalue weighted by atomic mass is 16.1. The molecule has 3 nitrogen and oxygen atoms in total. The third-order valence-corrected chi connectivity index (χ3v) is 2.40. The second-order valence-electron chi connectivity index (χ2n) is 3.49. The average Bonchev–Trinajstić information content (AvgIpc) is 2.86. The zero-order chi connectivity index (χ0) is 9.31. The third-order valence-electron chi connectivity index (χ3n) is 2.40. The van der Waals surface area contributed by atoms with Gasteiger partial charge in [-0.25, -0.2) is 4.79 Å². The van der Waals surface area contributed by atoms with Crippen LogP contribution in [0.1, 0.15) is 24.0 Å². The van der Waals surface area contributed by atoms with E-state index in [1.807, 2.05) is 13.0 Å². The Hall–Kier alpha value is -1.47. The van der Waals surface area contributed by atoms with E-state index < -0.39 is 0 Å². The number of rotatable bonds is 2. The molecule has 0 radical (unpaired) electrons. The predicted molar refractivity (Wildman–Crippen MR) is 48.0 cm³/mol. The molecule has 0 saturated heterocycles. The summed E-state index contributed by atoms with van der Waals surface area (Å²) in [6.45, 7) is 1.98. The first-order valence-corrected chi connectivity index (χ1v) is 4.28. The molecule has 0 bridgehead atoms. The summed E-state index contributed by atoms with van der Waals surface area (Å²) in [6.07, 6.45) is 7.09. The van der Waals surface area contributed by atoms with Crippen molar-refractivity contribution in [2.45, 2.75) is 25.3 Å². The van der Waals surface area contributed by atoms with Gasteiger partial charge in [-0.3, -0.25) is 4.98 Å². The Morgan fingerprint density at radius 2 is 2.31 bits per heavy atom. The number of carbonyl (C=O) groups excluding carboxylic acids is 1. The van der Waals surface area contributed by atoms with Gasteiger partial charge in [-0.15, -0.1) is 0 Å². The molecule has 0 spiro atoms. The van der Waals surface area contributed by atoms with Crippen molar-refractivity contribution in [2.75, 3.05) is 0 Å². The van der Waals surface area contributed by atoms with Crippen LogP contribution in [0.2, 0.25) is 0 Å². The van der Waals surface area contributed by atoms with Gasteiger partial charge in [0.2, 0.25) is 6.08 Å². The molecule has 1 aromatic heterocycles. The molecule has 1 aliphatic rings. The fourth-order valence-corrected chi connectivity index (χ4v) is 1.48. The fourth-order valence-electron chi connectivity index (χ4n) is 1.48. The van der Waals surface area contributed by atoms with Crippen LogP contribution in [0.15, 0.2) is 23.5 Å². The van der Waals surface area contributed by atoms with E-state index in [0.29, 0.717) is 0 Å². The van der Waals surface area contributed by atoms with Gasteiger partial charge in [-0.05, 0) is 30.9 Å². The van der Waals surface area contributed by atoms with E-state index in [1.54, 1.807) is 18.5 Å². The summed E-state index contributed by atoms with van der Waals surface area (Å²) in [4.78, 5) is 18.1. The van der Waals surface area contributed by atoms with Gasteiger partial charge in [0.05, 0.1) is 5.54 Å². The molecule has 66 valence electrons. The van der Waals surface area contributed by atoms with Gasteiger partial charge in [0, 0.05) is 12.4 Å². The molecule has 1 aromatic rings. The van der Waals surface area contributed by atoms with E-state index in [9.17, 15) is 4.79 Å². The SMILES string of the molecule is Cc1cncc(C2(N=C=O)CC2)c1. The number of hydrogen-bond acceptors (Lipinski definition) is 3. The number of pyridine rings is 1. The lowest BCUT2D eigenvalue weighted by Crippen LogP contribution is -2.02. The summed E-state index contributed by atoms with van der Waals surface area (Å²) >= 11 is 0. The maximum Gasteiger partial charge on any atom is 0.235 e. The van der Waals surface area contributed by atoms with Crippen LogP contribution in [0, 0.1) is 6.92 Å². The zero-order valence-corrected chi connectivity index (χ0v) is 7.45.